The van der Waals surface area contributed by atoms with Crippen LogP contribution in [-0.2, 0) is 11.3 Å². The van der Waals surface area contributed by atoms with Gasteiger partial charge in [0, 0.05) is 31.1 Å². The van der Waals surface area contributed by atoms with E-state index in [9.17, 15) is 4.79 Å². The van der Waals surface area contributed by atoms with Gasteiger partial charge in [-0.25, -0.2) is 4.98 Å². The molecule has 0 N–H and O–H groups in total. The number of rotatable bonds is 12. The van der Waals surface area contributed by atoms with Crippen LogP contribution in [0.1, 0.15) is 82.9 Å². The Labute approximate surface area is 192 Å². The van der Waals surface area contributed by atoms with Crippen LogP contribution in [-0.4, -0.2) is 22.0 Å². The molecule has 0 aliphatic carbocycles. The molecule has 1 atom stereocenters. The summed E-state index contributed by atoms with van der Waals surface area (Å²) in [5.41, 5.74) is 3.23. The summed E-state index contributed by atoms with van der Waals surface area (Å²) < 4.78 is 2.39. The minimum absolute atomic E-state index is 0.147. The molecular formula is C28H37N3O. The fourth-order valence-electron chi connectivity index (χ4n) is 4.96. The number of carbonyl (C=O) groups is 1. The van der Waals surface area contributed by atoms with Gasteiger partial charge in [-0.05, 0) is 30.7 Å². The van der Waals surface area contributed by atoms with E-state index in [0.717, 1.165) is 23.6 Å². The van der Waals surface area contributed by atoms with E-state index in [0.29, 0.717) is 13.0 Å². The minimum Gasteiger partial charge on any atom is -0.328 e. The number of amides is 1. The first-order chi connectivity index (χ1) is 15.8. The summed E-state index contributed by atoms with van der Waals surface area (Å²) in [6.07, 6.45) is 12.5. The number of unbranched alkanes of at least 4 members (excludes halogenated alkanes) is 8. The normalized spacial score (nSPS) is 16.3. The second-order valence-electron chi connectivity index (χ2n) is 9.18. The maximum atomic E-state index is 12.8. The quantitative estimate of drug-likeness (QED) is 0.287. The van der Waals surface area contributed by atoms with Crippen molar-refractivity contribution in [2.45, 2.75) is 83.6 Å². The number of hydrogen-bond donors (Lipinski definition) is 0. The monoisotopic (exact) mass is 431 g/mol. The Morgan fingerprint density at radius 3 is 2.25 bits per heavy atom. The first kappa shape index (κ1) is 22.6. The predicted molar refractivity (Wildman–Crippen MR) is 133 cm³/mol. The van der Waals surface area contributed by atoms with E-state index >= 15 is 0 Å². The number of carbonyl (C=O) groups excluding carboxylic acids is 1. The maximum Gasteiger partial charge on any atom is 0.227 e. The van der Waals surface area contributed by atoms with Crippen molar-refractivity contribution in [3.8, 4) is 0 Å². The van der Waals surface area contributed by atoms with Gasteiger partial charge in [0.05, 0.1) is 11.0 Å². The minimum atomic E-state index is 0.147. The van der Waals surface area contributed by atoms with Gasteiger partial charge in [0.2, 0.25) is 5.91 Å². The van der Waals surface area contributed by atoms with Gasteiger partial charge in [-0.2, -0.15) is 0 Å². The molecule has 0 saturated carbocycles. The molecule has 1 aromatic heterocycles. The molecule has 4 heteroatoms. The number of nitrogens with zero attached hydrogens (tertiary/aromatic N) is 3. The highest BCUT2D eigenvalue weighted by atomic mass is 16.2. The molecular weight excluding hydrogens is 394 g/mol. The average molecular weight is 432 g/mol. The van der Waals surface area contributed by atoms with Crippen LogP contribution in [0.2, 0.25) is 0 Å². The van der Waals surface area contributed by atoms with E-state index in [2.05, 4.69) is 35.8 Å². The number of fused-ring (bicyclic) bond motifs is 1. The maximum absolute atomic E-state index is 12.8. The Hall–Kier alpha value is -2.62. The Balaban J connectivity index is 1.39. The molecule has 170 valence electrons. The van der Waals surface area contributed by atoms with E-state index in [4.69, 9.17) is 4.98 Å². The van der Waals surface area contributed by atoms with Crippen molar-refractivity contribution in [3.05, 3.63) is 60.4 Å². The number of para-hydroxylation sites is 3. The molecule has 3 aromatic rings. The third-order valence-electron chi connectivity index (χ3n) is 6.73. The van der Waals surface area contributed by atoms with E-state index in [1.165, 1.54) is 63.3 Å². The van der Waals surface area contributed by atoms with Crippen LogP contribution in [0.25, 0.3) is 11.0 Å². The highest BCUT2D eigenvalue weighted by Crippen LogP contribution is 2.33. The number of imidazole rings is 1. The van der Waals surface area contributed by atoms with Gasteiger partial charge in [-0.15, -0.1) is 0 Å². The van der Waals surface area contributed by atoms with Crippen molar-refractivity contribution >= 4 is 22.6 Å². The van der Waals surface area contributed by atoms with E-state index in [-0.39, 0.29) is 11.8 Å². The summed E-state index contributed by atoms with van der Waals surface area (Å²) >= 11 is 0. The van der Waals surface area contributed by atoms with Crippen molar-refractivity contribution in [1.82, 2.24) is 9.55 Å². The average Bonchev–Trinajstić information content (AvgIpc) is 3.39. The highest BCUT2D eigenvalue weighted by Gasteiger charge is 2.34. The lowest BCUT2D eigenvalue weighted by molar-refractivity contribution is -0.117. The zero-order valence-corrected chi connectivity index (χ0v) is 19.5. The van der Waals surface area contributed by atoms with Crippen LogP contribution in [0.5, 0.6) is 0 Å². The summed E-state index contributed by atoms with van der Waals surface area (Å²) in [5.74, 6) is 1.43. The summed E-state index contributed by atoms with van der Waals surface area (Å²) in [4.78, 5) is 19.7. The predicted octanol–water partition coefficient (Wildman–Crippen LogP) is 7.09. The van der Waals surface area contributed by atoms with Crippen molar-refractivity contribution < 1.29 is 4.79 Å². The Morgan fingerprint density at radius 2 is 1.50 bits per heavy atom. The van der Waals surface area contributed by atoms with Gasteiger partial charge in [-0.1, -0.05) is 88.6 Å². The fraction of sp³-hybridized carbons (Fsp3) is 0.500. The Kier molecular flexibility index (Phi) is 7.97. The van der Waals surface area contributed by atoms with E-state index in [1.807, 2.05) is 35.2 Å². The summed E-state index contributed by atoms with van der Waals surface area (Å²) in [7, 11) is 0. The summed E-state index contributed by atoms with van der Waals surface area (Å²) in [5, 5.41) is 0. The number of hydrogen-bond acceptors (Lipinski definition) is 2. The molecule has 0 radical (unpaired) electrons. The molecule has 1 aliphatic heterocycles. The second-order valence-corrected chi connectivity index (χ2v) is 9.18. The standard InChI is InChI=1S/C28H37N3O/c1-2-3-4-5-6-7-8-9-15-20-30-26-19-14-13-18-25(26)29-28(30)23-21-27(32)31(22-23)24-16-11-10-12-17-24/h10-14,16-19,23H,2-9,15,20-22H2,1H3. The van der Waals surface area contributed by atoms with Gasteiger partial charge in [0.25, 0.3) is 0 Å². The highest BCUT2D eigenvalue weighted by molar-refractivity contribution is 5.96. The van der Waals surface area contributed by atoms with Crippen LogP contribution < -0.4 is 4.90 Å². The van der Waals surface area contributed by atoms with Crippen LogP contribution in [0.15, 0.2) is 54.6 Å². The van der Waals surface area contributed by atoms with Gasteiger partial charge < -0.3 is 9.47 Å². The van der Waals surface area contributed by atoms with Gasteiger partial charge in [-0.3, -0.25) is 4.79 Å². The summed E-state index contributed by atoms with van der Waals surface area (Å²) in [6, 6.07) is 18.4. The first-order valence-corrected chi connectivity index (χ1v) is 12.6. The topological polar surface area (TPSA) is 38.1 Å². The molecule has 2 heterocycles. The number of anilines is 1. The molecule has 1 unspecified atom stereocenters. The largest absolute Gasteiger partial charge is 0.328 e. The summed E-state index contributed by atoms with van der Waals surface area (Å²) in [6.45, 7) is 3.97. The zero-order chi connectivity index (χ0) is 22.2. The second kappa shape index (κ2) is 11.3. The van der Waals surface area contributed by atoms with Crippen LogP contribution in [0.3, 0.4) is 0 Å². The lowest BCUT2D eigenvalue weighted by atomic mass is 10.1. The number of aromatic nitrogens is 2. The van der Waals surface area contributed by atoms with Gasteiger partial charge in [0.1, 0.15) is 5.82 Å². The smallest absolute Gasteiger partial charge is 0.227 e. The van der Waals surface area contributed by atoms with E-state index < -0.39 is 0 Å². The molecule has 4 rings (SSSR count). The lowest BCUT2D eigenvalue weighted by Gasteiger charge is -2.17. The van der Waals surface area contributed by atoms with Crippen molar-refractivity contribution in [2.75, 3.05) is 11.4 Å². The molecule has 0 spiro atoms. The van der Waals surface area contributed by atoms with Gasteiger partial charge in [0.15, 0.2) is 0 Å². The third-order valence-corrected chi connectivity index (χ3v) is 6.73. The number of aryl methyl sites for hydroxylation is 1. The van der Waals surface area contributed by atoms with Crippen LogP contribution in [0.4, 0.5) is 5.69 Å². The van der Waals surface area contributed by atoms with E-state index in [1.54, 1.807) is 0 Å². The van der Waals surface area contributed by atoms with Crippen molar-refractivity contribution in [2.24, 2.45) is 0 Å². The zero-order valence-electron chi connectivity index (χ0n) is 19.5. The van der Waals surface area contributed by atoms with Crippen molar-refractivity contribution in [3.63, 3.8) is 0 Å². The van der Waals surface area contributed by atoms with Crippen LogP contribution in [0, 0.1) is 0 Å². The number of benzene rings is 2. The molecule has 2 aromatic carbocycles. The molecule has 4 nitrogen and oxygen atoms in total. The molecule has 0 bridgehead atoms. The molecule has 1 aliphatic rings. The van der Waals surface area contributed by atoms with Crippen LogP contribution >= 0.6 is 0 Å². The molecule has 32 heavy (non-hydrogen) atoms. The molecule has 1 saturated heterocycles. The Bertz CT molecular complexity index is 994. The molecule has 1 fully saturated rings. The fourth-order valence-corrected chi connectivity index (χ4v) is 4.96. The van der Waals surface area contributed by atoms with Crippen molar-refractivity contribution in [1.29, 1.82) is 0 Å². The Morgan fingerprint density at radius 1 is 0.844 bits per heavy atom. The lowest BCUT2D eigenvalue weighted by Crippen LogP contribution is -2.24. The first-order valence-electron chi connectivity index (χ1n) is 12.6. The van der Waals surface area contributed by atoms with Gasteiger partial charge >= 0.3 is 0 Å². The molecule has 1 amide bonds. The third kappa shape index (κ3) is 5.40. The SMILES string of the molecule is CCCCCCCCCCCn1c(C2CC(=O)N(c3ccccc3)C2)nc2ccccc21.